The molecule has 0 radical (unpaired) electrons. The van der Waals surface area contributed by atoms with Crippen LogP contribution in [0.4, 0.5) is 0 Å². The molecule has 4 heteroatoms. The van der Waals surface area contributed by atoms with E-state index in [9.17, 15) is 0 Å². The number of rotatable bonds is 5. The topological polar surface area (TPSA) is 33.6 Å². The van der Waals surface area contributed by atoms with Gasteiger partial charge in [0.1, 0.15) is 6.10 Å². The first-order chi connectivity index (χ1) is 10.3. The fourth-order valence-corrected chi connectivity index (χ4v) is 2.45. The Morgan fingerprint density at radius 2 is 1.86 bits per heavy atom. The molecule has 108 valence electrons. The largest absolute Gasteiger partial charge is 0.390 e. The molecule has 1 aliphatic heterocycles. The maximum atomic E-state index is 5.89. The Morgan fingerprint density at radius 1 is 1.10 bits per heavy atom. The Labute approximate surface area is 129 Å². The smallest absolute Gasteiger partial charge is 0.145 e. The minimum Gasteiger partial charge on any atom is -0.390 e. The van der Waals surface area contributed by atoms with Crippen LogP contribution < -0.4 is 5.32 Å². The molecule has 21 heavy (non-hydrogen) atoms. The van der Waals surface area contributed by atoms with Crippen molar-refractivity contribution in [2.24, 2.45) is 5.16 Å². The lowest BCUT2D eigenvalue weighted by Crippen LogP contribution is -2.26. The molecule has 1 N–H and O–H groups in total. The molecule has 0 aliphatic carbocycles. The standard InChI is InChI=1S/C17H17ClN2O/c18-15-8-6-14(7-9-15)17-10-16(21-20-17)12-19-11-13-4-2-1-3-5-13/h1-9,16,19H,10-12H2. The monoisotopic (exact) mass is 300 g/mol. The van der Waals surface area contributed by atoms with E-state index in [0.29, 0.717) is 0 Å². The van der Waals surface area contributed by atoms with Crippen molar-refractivity contribution in [1.82, 2.24) is 5.32 Å². The first-order valence-corrected chi connectivity index (χ1v) is 7.42. The Bertz CT molecular complexity index is 610. The van der Waals surface area contributed by atoms with Gasteiger partial charge in [-0.25, -0.2) is 0 Å². The number of nitrogens with one attached hydrogen (secondary N) is 1. The van der Waals surface area contributed by atoms with Crippen LogP contribution in [0.3, 0.4) is 0 Å². The van der Waals surface area contributed by atoms with Gasteiger partial charge in [-0.1, -0.05) is 59.2 Å². The fraction of sp³-hybridized carbons (Fsp3) is 0.235. The van der Waals surface area contributed by atoms with Gasteiger partial charge in [-0.2, -0.15) is 0 Å². The summed E-state index contributed by atoms with van der Waals surface area (Å²) < 4.78 is 0. The van der Waals surface area contributed by atoms with Crippen LogP contribution in [-0.4, -0.2) is 18.4 Å². The zero-order valence-corrected chi connectivity index (χ0v) is 12.4. The van der Waals surface area contributed by atoms with Crippen LogP contribution in [0, 0.1) is 0 Å². The van der Waals surface area contributed by atoms with E-state index in [1.165, 1.54) is 5.56 Å². The van der Waals surface area contributed by atoms with E-state index in [2.05, 4.69) is 22.6 Å². The number of benzene rings is 2. The lowest BCUT2D eigenvalue weighted by Gasteiger charge is -2.09. The number of halogens is 1. The van der Waals surface area contributed by atoms with Crippen molar-refractivity contribution in [2.75, 3.05) is 6.54 Å². The molecule has 0 spiro atoms. The lowest BCUT2D eigenvalue weighted by molar-refractivity contribution is 0.0848. The zero-order valence-electron chi connectivity index (χ0n) is 11.6. The molecule has 0 aromatic heterocycles. The summed E-state index contributed by atoms with van der Waals surface area (Å²) in [6.07, 6.45) is 0.919. The minimum atomic E-state index is 0.0967. The minimum absolute atomic E-state index is 0.0967. The van der Waals surface area contributed by atoms with Gasteiger partial charge < -0.3 is 10.2 Å². The molecular weight excluding hydrogens is 284 g/mol. The summed E-state index contributed by atoms with van der Waals surface area (Å²) in [5, 5.41) is 8.32. The third-order valence-corrected chi connectivity index (χ3v) is 3.71. The van der Waals surface area contributed by atoms with Gasteiger partial charge in [0.05, 0.1) is 5.71 Å². The molecule has 0 amide bonds. The summed E-state index contributed by atoms with van der Waals surface area (Å²) in [7, 11) is 0. The Kier molecular flexibility index (Phi) is 4.53. The highest BCUT2D eigenvalue weighted by Crippen LogP contribution is 2.18. The lowest BCUT2D eigenvalue weighted by atomic mass is 10.1. The van der Waals surface area contributed by atoms with Crippen LogP contribution in [0.1, 0.15) is 17.5 Å². The molecular formula is C17H17ClN2O. The first kappa shape index (κ1) is 14.1. The van der Waals surface area contributed by atoms with E-state index in [-0.39, 0.29) is 6.10 Å². The molecule has 0 saturated heterocycles. The SMILES string of the molecule is Clc1ccc(C2=NOC(CNCc3ccccc3)C2)cc1. The number of nitrogens with zero attached hydrogens (tertiary/aromatic N) is 1. The van der Waals surface area contributed by atoms with Gasteiger partial charge in [0, 0.05) is 24.5 Å². The van der Waals surface area contributed by atoms with E-state index in [4.69, 9.17) is 16.4 Å². The van der Waals surface area contributed by atoms with Gasteiger partial charge in [-0.05, 0) is 23.3 Å². The highest BCUT2D eigenvalue weighted by Gasteiger charge is 2.21. The van der Waals surface area contributed by atoms with Crippen molar-refractivity contribution < 1.29 is 4.84 Å². The van der Waals surface area contributed by atoms with Gasteiger partial charge in [0.15, 0.2) is 0 Å². The summed E-state index contributed by atoms with van der Waals surface area (Å²) in [4.78, 5) is 5.48. The number of hydrogen-bond donors (Lipinski definition) is 1. The van der Waals surface area contributed by atoms with Crippen LogP contribution in [-0.2, 0) is 11.4 Å². The second-order valence-corrected chi connectivity index (χ2v) is 5.53. The van der Waals surface area contributed by atoms with E-state index in [1.807, 2.05) is 42.5 Å². The maximum Gasteiger partial charge on any atom is 0.145 e. The van der Waals surface area contributed by atoms with E-state index in [0.717, 1.165) is 35.8 Å². The Hall–Kier alpha value is -1.84. The summed E-state index contributed by atoms with van der Waals surface area (Å²) >= 11 is 5.89. The van der Waals surface area contributed by atoms with Gasteiger partial charge in [0.2, 0.25) is 0 Å². The molecule has 0 bridgehead atoms. The average Bonchev–Trinajstić information content (AvgIpc) is 2.98. The van der Waals surface area contributed by atoms with Crippen molar-refractivity contribution >= 4 is 17.3 Å². The molecule has 1 unspecified atom stereocenters. The molecule has 1 atom stereocenters. The van der Waals surface area contributed by atoms with Gasteiger partial charge in [0.25, 0.3) is 0 Å². The molecule has 1 heterocycles. The average molecular weight is 301 g/mol. The Morgan fingerprint density at radius 3 is 2.62 bits per heavy atom. The van der Waals surface area contributed by atoms with E-state index >= 15 is 0 Å². The maximum absolute atomic E-state index is 5.89. The van der Waals surface area contributed by atoms with Crippen molar-refractivity contribution in [3.8, 4) is 0 Å². The highest BCUT2D eigenvalue weighted by atomic mass is 35.5. The van der Waals surface area contributed by atoms with Crippen LogP contribution in [0.15, 0.2) is 59.8 Å². The summed E-state index contributed by atoms with van der Waals surface area (Å²) in [6.45, 7) is 1.63. The molecule has 2 aromatic rings. The van der Waals surface area contributed by atoms with Gasteiger partial charge >= 0.3 is 0 Å². The molecule has 0 fully saturated rings. The summed E-state index contributed by atoms with van der Waals surface area (Å²) in [5.74, 6) is 0. The second-order valence-electron chi connectivity index (χ2n) is 5.09. The van der Waals surface area contributed by atoms with Crippen LogP contribution >= 0.6 is 11.6 Å². The number of hydrogen-bond acceptors (Lipinski definition) is 3. The van der Waals surface area contributed by atoms with E-state index in [1.54, 1.807) is 0 Å². The van der Waals surface area contributed by atoms with Crippen LogP contribution in [0.5, 0.6) is 0 Å². The third-order valence-electron chi connectivity index (χ3n) is 3.45. The predicted molar refractivity (Wildman–Crippen MR) is 85.6 cm³/mol. The molecule has 0 saturated carbocycles. The second kappa shape index (κ2) is 6.74. The number of oxime groups is 1. The molecule has 2 aromatic carbocycles. The van der Waals surface area contributed by atoms with Crippen molar-refractivity contribution in [2.45, 2.75) is 19.1 Å². The molecule has 1 aliphatic rings. The van der Waals surface area contributed by atoms with Crippen molar-refractivity contribution in [1.29, 1.82) is 0 Å². The highest BCUT2D eigenvalue weighted by molar-refractivity contribution is 6.30. The normalized spacial score (nSPS) is 17.4. The molecule has 3 nitrogen and oxygen atoms in total. The van der Waals surface area contributed by atoms with E-state index < -0.39 is 0 Å². The first-order valence-electron chi connectivity index (χ1n) is 7.04. The van der Waals surface area contributed by atoms with Gasteiger partial charge in [-0.3, -0.25) is 0 Å². The predicted octanol–water partition coefficient (Wildman–Crippen LogP) is 3.62. The summed E-state index contributed by atoms with van der Waals surface area (Å²) in [5.41, 5.74) is 3.33. The zero-order chi connectivity index (χ0) is 14.5. The van der Waals surface area contributed by atoms with Crippen LogP contribution in [0.25, 0.3) is 0 Å². The third kappa shape index (κ3) is 3.84. The van der Waals surface area contributed by atoms with Crippen molar-refractivity contribution in [3.05, 3.63) is 70.7 Å². The Balaban J connectivity index is 1.47. The summed E-state index contributed by atoms with van der Waals surface area (Å²) in [6, 6.07) is 18.0. The molecule has 3 rings (SSSR count). The van der Waals surface area contributed by atoms with Crippen LogP contribution in [0.2, 0.25) is 5.02 Å². The van der Waals surface area contributed by atoms with Crippen molar-refractivity contribution in [3.63, 3.8) is 0 Å². The fourth-order valence-electron chi connectivity index (χ4n) is 2.32. The van der Waals surface area contributed by atoms with Gasteiger partial charge in [-0.15, -0.1) is 0 Å². The quantitative estimate of drug-likeness (QED) is 0.915.